The van der Waals surface area contributed by atoms with Crippen LogP contribution in [0.25, 0.3) is 0 Å². The van der Waals surface area contributed by atoms with Crippen LogP contribution in [0.3, 0.4) is 0 Å². The van der Waals surface area contributed by atoms with Gasteiger partial charge in [0.05, 0.1) is 6.04 Å². The highest BCUT2D eigenvalue weighted by Crippen LogP contribution is 2.20. The van der Waals surface area contributed by atoms with Crippen molar-refractivity contribution in [3.8, 4) is 12.3 Å². The molecule has 0 saturated heterocycles. The number of hydrazine groups is 1. The molecule has 0 aromatic heterocycles. The molecule has 2 nitrogen and oxygen atoms in total. The van der Waals surface area contributed by atoms with E-state index in [-0.39, 0.29) is 6.04 Å². The van der Waals surface area contributed by atoms with E-state index in [1.54, 1.807) is 0 Å². The first-order chi connectivity index (χ1) is 6.69. The van der Waals surface area contributed by atoms with E-state index < -0.39 is 0 Å². The molecule has 3 N–H and O–H groups in total. The van der Waals surface area contributed by atoms with E-state index in [1.165, 1.54) is 16.7 Å². The molecule has 0 heterocycles. The molecule has 2 heteroatoms. The standard InChI is InChI=1S/C12H16N2/c1-4-5-12(14-13)11-8-9(2)6-7-10(11)3/h1,6-8,12,14H,5,13H2,2-3H3. The van der Waals surface area contributed by atoms with E-state index in [2.05, 4.69) is 43.4 Å². The van der Waals surface area contributed by atoms with Crippen LogP contribution >= 0.6 is 0 Å². The summed E-state index contributed by atoms with van der Waals surface area (Å²) in [5, 5.41) is 0. The first kappa shape index (κ1) is 10.8. The Hall–Kier alpha value is -1.30. The minimum Gasteiger partial charge on any atom is -0.271 e. The Kier molecular flexibility index (Phi) is 3.70. The van der Waals surface area contributed by atoms with Crippen LogP contribution in [0.15, 0.2) is 18.2 Å². The minimum absolute atomic E-state index is 0.0555. The largest absolute Gasteiger partial charge is 0.271 e. The number of hydrogen-bond acceptors (Lipinski definition) is 2. The molecular weight excluding hydrogens is 172 g/mol. The lowest BCUT2D eigenvalue weighted by Crippen LogP contribution is -2.28. The molecule has 0 aliphatic rings. The van der Waals surface area contributed by atoms with Gasteiger partial charge in [-0.1, -0.05) is 23.8 Å². The summed E-state index contributed by atoms with van der Waals surface area (Å²) in [6.45, 7) is 4.13. The number of rotatable bonds is 3. The average molecular weight is 188 g/mol. The van der Waals surface area contributed by atoms with Crippen LogP contribution in [0.5, 0.6) is 0 Å². The van der Waals surface area contributed by atoms with Gasteiger partial charge in [-0.3, -0.25) is 11.3 Å². The van der Waals surface area contributed by atoms with Crippen molar-refractivity contribution in [1.29, 1.82) is 0 Å². The summed E-state index contributed by atoms with van der Waals surface area (Å²) >= 11 is 0. The number of aryl methyl sites for hydroxylation is 2. The molecule has 0 radical (unpaired) electrons. The fraction of sp³-hybridized carbons (Fsp3) is 0.333. The van der Waals surface area contributed by atoms with Crippen molar-refractivity contribution in [2.75, 3.05) is 0 Å². The Balaban J connectivity index is 3.03. The lowest BCUT2D eigenvalue weighted by atomic mass is 9.97. The third-order valence-corrected chi connectivity index (χ3v) is 2.33. The van der Waals surface area contributed by atoms with Gasteiger partial charge in [0.2, 0.25) is 0 Å². The van der Waals surface area contributed by atoms with Crippen molar-refractivity contribution in [2.24, 2.45) is 5.84 Å². The third-order valence-electron chi connectivity index (χ3n) is 2.33. The van der Waals surface area contributed by atoms with Crippen LogP contribution in [0.4, 0.5) is 0 Å². The van der Waals surface area contributed by atoms with Gasteiger partial charge in [0.25, 0.3) is 0 Å². The molecule has 0 aliphatic carbocycles. The second-order valence-corrected chi connectivity index (χ2v) is 3.49. The van der Waals surface area contributed by atoms with Gasteiger partial charge < -0.3 is 0 Å². The van der Waals surface area contributed by atoms with Gasteiger partial charge >= 0.3 is 0 Å². The van der Waals surface area contributed by atoms with Crippen LogP contribution in [0.1, 0.15) is 29.2 Å². The van der Waals surface area contributed by atoms with Crippen molar-refractivity contribution in [2.45, 2.75) is 26.3 Å². The second kappa shape index (κ2) is 4.80. The van der Waals surface area contributed by atoms with E-state index in [0.29, 0.717) is 6.42 Å². The molecule has 0 bridgehead atoms. The average Bonchev–Trinajstić information content (AvgIpc) is 2.18. The number of nitrogens with two attached hydrogens (primary N) is 1. The third kappa shape index (κ3) is 2.35. The maximum atomic E-state index is 5.46. The number of hydrogen-bond donors (Lipinski definition) is 2. The minimum atomic E-state index is 0.0555. The molecule has 74 valence electrons. The highest BCUT2D eigenvalue weighted by molar-refractivity contribution is 5.33. The molecule has 1 aromatic carbocycles. The smallest absolute Gasteiger partial charge is 0.0571 e. The van der Waals surface area contributed by atoms with Crippen molar-refractivity contribution >= 4 is 0 Å². The first-order valence-electron chi connectivity index (χ1n) is 4.65. The van der Waals surface area contributed by atoms with Gasteiger partial charge in [-0.05, 0) is 25.0 Å². The number of nitrogens with one attached hydrogen (secondary N) is 1. The molecule has 14 heavy (non-hydrogen) atoms. The highest BCUT2D eigenvalue weighted by Gasteiger charge is 2.10. The number of benzene rings is 1. The van der Waals surface area contributed by atoms with E-state index in [4.69, 9.17) is 12.3 Å². The summed E-state index contributed by atoms with van der Waals surface area (Å²) < 4.78 is 0. The molecule has 0 spiro atoms. The van der Waals surface area contributed by atoms with E-state index in [9.17, 15) is 0 Å². The highest BCUT2D eigenvalue weighted by atomic mass is 15.2. The molecular formula is C12H16N2. The summed E-state index contributed by atoms with van der Waals surface area (Å²) in [5.41, 5.74) is 6.37. The molecule has 1 unspecified atom stereocenters. The predicted octanol–water partition coefficient (Wildman–Crippen LogP) is 1.83. The summed E-state index contributed by atoms with van der Waals surface area (Å²) in [5.74, 6) is 8.09. The Morgan fingerprint density at radius 3 is 2.79 bits per heavy atom. The fourth-order valence-electron chi connectivity index (χ4n) is 1.51. The number of terminal acetylenes is 1. The van der Waals surface area contributed by atoms with E-state index in [1.807, 2.05) is 0 Å². The Bertz CT molecular complexity index is 350. The van der Waals surface area contributed by atoms with Gasteiger partial charge in [-0.25, -0.2) is 0 Å². The summed E-state index contributed by atoms with van der Waals surface area (Å²) in [4.78, 5) is 0. The molecule has 1 aromatic rings. The van der Waals surface area contributed by atoms with E-state index >= 15 is 0 Å². The summed E-state index contributed by atoms with van der Waals surface area (Å²) in [6, 6.07) is 6.35. The van der Waals surface area contributed by atoms with Crippen LogP contribution in [0.2, 0.25) is 0 Å². The maximum absolute atomic E-state index is 5.46. The summed E-state index contributed by atoms with van der Waals surface area (Å²) in [6.07, 6.45) is 5.90. The Morgan fingerprint density at radius 1 is 1.50 bits per heavy atom. The van der Waals surface area contributed by atoms with Gasteiger partial charge in [0, 0.05) is 6.42 Å². The molecule has 0 aliphatic heterocycles. The molecule has 0 fully saturated rings. The zero-order valence-corrected chi connectivity index (χ0v) is 8.67. The van der Waals surface area contributed by atoms with Gasteiger partial charge in [-0.15, -0.1) is 12.3 Å². The predicted molar refractivity (Wildman–Crippen MR) is 59.4 cm³/mol. The lowest BCUT2D eigenvalue weighted by Gasteiger charge is -2.16. The van der Waals surface area contributed by atoms with E-state index in [0.717, 1.165) is 0 Å². The lowest BCUT2D eigenvalue weighted by molar-refractivity contribution is 0.565. The van der Waals surface area contributed by atoms with Crippen LogP contribution in [-0.4, -0.2) is 0 Å². The first-order valence-corrected chi connectivity index (χ1v) is 4.65. The van der Waals surface area contributed by atoms with Crippen LogP contribution in [0, 0.1) is 26.2 Å². The zero-order valence-electron chi connectivity index (χ0n) is 8.67. The molecule has 1 rings (SSSR count). The quantitative estimate of drug-likeness (QED) is 0.431. The van der Waals surface area contributed by atoms with Crippen molar-refractivity contribution in [1.82, 2.24) is 5.43 Å². The van der Waals surface area contributed by atoms with Gasteiger partial charge in [0.15, 0.2) is 0 Å². The Morgan fingerprint density at radius 2 is 2.21 bits per heavy atom. The second-order valence-electron chi connectivity index (χ2n) is 3.49. The monoisotopic (exact) mass is 188 g/mol. The maximum Gasteiger partial charge on any atom is 0.0571 e. The molecule has 0 saturated carbocycles. The van der Waals surface area contributed by atoms with Crippen molar-refractivity contribution < 1.29 is 0 Å². The topological polar surface area (TPSA) is 38.0 Å². The van der Waals surface area contributed by atoms with Crippen LogP contribution in [-0.2, 0) is 0 Å². The molecule has 1 atom stereocenters. The van der Waals surface area contributed by atoms with Crippen molar-refractivity contribution in [3.05, 3.63) is 34.9 Å². The van der Waals surface area contributed by atoms with Gasteiger partial charge in [-0.2, -0.15) is 0 Å². The van der Waals surface area contributed by atoms with Gasteiger partial charge in [0.1, 0.15) is 0 Å². The SMILES string of the molecule is C#CCC(NN)c1cc(C)ccc1C. The van der Waals surface area contributed by atoms with Crippen molar-refractivity contribution in [3.63, 3.8) is 0 Å². The summed E-state index contributed by atoms with van der Waals surface area (Å²) in [7, 11) is 0. The normalized spacial score (nSPS) is 12.1. The van der Waals surface area contributed by atoms with Crippen LogP contribution < -0.4 is 11.3 Å². The fourth-order valence-corrected chi connectivity index (χ4v) is 1.51. The Labute approximate surface area is 85.5 Å². The zero-order chi connectivity index (χ0) is 10.6. The molecule has 0 amide bonds.